The van der Waals surface area contributed by atoms with E-state index in [1.807, 2.05) is 12.1 Å². The summed E-state index contributed by atoms with van der Waals surface area (Å²) in [4.78, 5) is 11.5. The van der Waals surface area contributed by atoms with Gasteiger partial charge in [0.25, 0.3) is 0 Å². The summed E-state index contributed by atoms with van der Waals surface area (Å²) in [5, 5.41) is 9.44. The zero-order valence-electron chi connectivity index (χ0n) is 12.4. The zero-order chi connectivity index (χ0) is 15.9. The third kappa shape index (κ3) is 3.77. The molecule has 2 aromatic rings. The molecule has 1 atom stereocenters. The van der Waals surface area contributed by atoms with Crippen LogP contribution in [0.2, 0.25) is 0 Å². The lowest BCUT2D eigenvalue weighted by molar-refractivity contribution is -0.145. The molecule has 0 bridgehead atoms. The van der Waals surface area contributed by atoms with Crippen LogP contribution in [0.1, 0.15) is 17.2 Å². The highest BCUT2D eigenvalue weighted by atomic mass is 16.5. The molecule has 0 aromatic heterocycles. The first-order valence-corrected chi connectivity index (χ1v) is 6.97. The molecule has 5 heteroatoms. The Hall–Kier alpha value is -2.53. The topological polar surface area (TPSA) is 81.8 Å². The summed E-state index contributed by atoms with van der Waals surface area (Å²) in [6, 6.07) is 14.2. The predicted octanol–water partition coefficient (Wildman–Crippen LogP) is 2.40. The maximum absolute atomic E-state index is 11.5. The fourth-order valence-electron chi connectivity index (χ4n) is 2.15. The number of ether oxygens (including phenoxy) is 2. The monoisotopic (exact) mass is 301 g/mol. The van der Waals surface area contributed by atoms with E-state index in [0.717, 1.165) is 5.56 Å². The van der Waals surface area contributed by atoms with Crippen LogP contribution in [0.4, 0.5) is 0 Å². The number of hydrogen-bond acceptors (Lipinski definition) is 4. The summed E-state index contributed by atoms with van der Waals surface area (Å²) in [5.41, 5.74) is 7.09. The number of aliphatic carboxylic acids is 1. The Morgan fingerprint density at radius 2 is 1.91 bits per heavy atom. The molecule has 0 saturated carbocycles. The maximum Gasteiger partial charge on any atom is 0.349 e. The standard InChI is InChI=1S/C17H19NO4/c1-21-14-8-7-12(9-10-18)11-15(14)22-16(17(19)20)13-5-3-2-4-6-13/h2-8,11,16H,9-10,18H2,1H3,(H,19,20). The molecular weight excluding hydrogens is 282 g/mol. The number of hydrogen-bond donors (Lipinski definition) is 2. The number of rotatable bonds is 7. The molecule has 2 aromatic carbocycles. The predicted molar refractivity (Wildman–Crippen MR) is 83.2 cm³/mol. The summed E-state index contributed by atoms with van der Waals surface area (Å²) < 4.78 is 11.0. The van der Waals surface area contributed by atoms with Crippen molar-refractivity contribution in [3.05, 3.63) is 59.7 Å². The van der Waals surface area contributed by atoms with Gasteiger partial charge in [-0.05, 0) is 30.7 Å². The summed E-state index contributed by atoms with van der Waals surface area (Å²) in [5.74, 6) is -0.176. The van der Waals surface area contributed by atoms with Crippen LogP contribution in [-0.4, -0.2) is 24.7 Å². The second kappa shape index (κ2) is 7.47. The highest BCUT2D eigenvalue weighted by Crippen LogP contribution is 2.32. The van der Waals surface area contributed by atoms with Gasteiger partial charge in [-0.1, -0.05) is 36.4 Å². The van der Waals surface area contributed by atoms with Crippen LogP contribution in [-0.2, 0) is 11.2 Å². The molecule has 22 heavy (non-hydrogen) atoms. The van der Waals surface area contributed by atoms with Crippen molar-refractivity contribution in [2.45, 2.75) is 12.5 Å². The molecule has 0 fully saturated rings. The molecule has 0 saturated heterocycles. The van der Waals surface area contributed by atoms with Gasteiger partial charge in [-0.3, -0.25) is 0 Å². The Morgan fingerprint density at radius 3 is 2.50 bits per heavy atom. The second-order valence-electron chi connectivity index (χ2n) is 4.77. The first-order valence-electron chi connectivity index (χ1n) is 6.97. The van der Waals surface area contributed by atoms with Gasteiger partial charge in [-0.15, -0.1) is 0 Å². The Bertz CT molecular complexity index is 628. The van der Waals surface area contributed by atoms with Crippen molar-refractivity contribution in [2.24, 2.45) is 5.73 Å². The SMILES string of the molecule is COc1ccc(CCN)cc1OC(C(=O)O)c1ccccc1. The van der Waals surface area contributed by atoms with Crippen molar-refractivity contribution in [2.75, 3.05) is 13.7 Å². The van der Waals surface area contributed by atoms with Crippen LogP contribution >= 0.6 is 0 Å². The maximum atomic E-state index is 11.5. The van der Waals surface area contributed by atoms with Crippen molar-refractivity contribution in [3.63, 3.8) is 0 Å². The summed E-state index contributed by atoms with van der Waals surface area (Å²) in [6.45, 7) is 0.507. The third-order valence-electron chi connectivity index (χ3n) is 3.23. The molecule has 1 unspecified atom stereocenters. The second-order valence-corrected chi connectivity index (χ2v) is 4.77. The Morgan fingerprint density at radius 1 is 1.18 bits per heavy atom. The van der Waals surface area contributed by atoms with E-state index < -0.39 is 12.1 Å². The minimum absolute atomic E-state index is 0.393. The van der Waals surface area contributed by atoms with Crippen LogP contribution in [0.3, 0.4) is 0 Å². The minimum atomic E-state index is -1.09. The molecule has 0 aliphatic rings. The largest absolute Gasteiger partial charge is 0.493 e. The number of carboxylic acid groups (broad SMARTS) is 1. The van der Waals surface area contributed by atoms with Crippen molar-refractivity contribution >= 4 is 5.97 Å². The molecular formula is C17H19NO4. The average molecular weight is 301 g/mol. The van der Waals surface area contributed by atoms with E-state index in [0.29, 0.717) is 30.0 Å². The Kier molecular flexibility index (Phi) is 5.38. The van der Waals surface area contributed by atoms with E-state index in [9.17, 15) is 9.90 Å². The van der Waals surface area contributed by atoms with E-state index in [1.54, 1.807) is 36.4 Å². The third-order valence-corrected chi connectivity index (χ3v) is 3.23. The van der Waals surface area contributed by atoms with Gasteiger partial charge in [0.2, 0.25) is 6.10 Å². The first-order chi connectivity index (χ1) is 10.7. The van der Waals surface area contributed by atoms with Crippen LogP contribution in [0.25, 0.3) is 0 Å². The molecule has 5 nitrogen and oxygen atoms in total. The first kappa shape index (κ1) is 15.9. The number of carboxylic acids is 1. The van der Waals surface area contributed by atoms with E-state index in [4.69, 9.17) is 15.2 Å². The quantitative estimate of drug-likeness (QED) is 0.820. The fraction of sp³-hybridized carbons (Fsp3) is 0.235. The molecule has 0 radical (unpaired) electrons. The van der Waals surface area contributed by atoms with Gasteiger partial charge in [0.05, 0.1) is 7.11 Å². The van der Waals surface area contributed by atoms with E-state index in [-0.39, 0.29) is 0 Å². The molecule has 0 spiro atoms. The van der Waals surface area contributed by atoms with Gasteiger partial charge < -0.3 is 20.3 Å². The van der Waals surface area contributed by atoms with Gasteiger partial charge in [0.1, 0.15) is 0 Å². The number of nitrogens with two attached hydrogens (primary N) is 1. The lowest BCUT2D eigenvalue weighted by Crippen LogP contribution is -2.18. The Balaban J connectivity index is 2.33. The van der Waals surface area contributed by atoms with Gasteiger partial charge in [-0.2, -0.15) is 0 Å². The molecule has 2 rings (SSSR count). The van der Waals surface area contributed by atoms with Crippen molar-refractivity contribution in [1.29, 1.82) is 0 Å². The van der Waals surface area contributed by atoms with Crippen molar-refractivity contribution < 1.29 is 19.4 Å². The number of methoxy groups -OCH3 is 1. The molecule has 0 heterocycles. The van der Waals surface area contributed by atoms with Crippen LogP contribution in [0, 0.1) is 0 Å². The molecule has 0 aliphatic carbocycles. The normalized spacial score (nSPS) is 11.7. The molecule has 0 aliphatic heterocycles. The van der Waals surface area contributed by atoms with Crippen LogP contribution in [0.15, 0.2) is 48.5 Å². The van der Waals surface area contributed by atoms with Crippen LogP contribution in [0.5, 0.6) is 11.5 Å². The fourth-order valence-corrected chi connectivity index (χ4v) is 2.15. The molecule has 116 valence electrons. The lowest BCUT2D eigenvalue weighted by atomic mass is 10.1. The van der Waals surface area contributed by atoms with Gasteiger partial charge >= 0.3 is 5.97 Å². The summed E-state index contributed by atoms with van der Waals surface area (Å²) in [6.07, 6.45) is -0.410. The molecule has 0 amide bonds. The smallest absolute Gasteiger partial charge is 0.349 e. The van der Waals surface area contributed by atoms with E-state index in [1.165, 1.54) is 7.11 Å². The highest BCUT2D eigenvalue weighted by molar-refractivity contribution is 5.75. The minimum Gasteiger partial charge on any atom is -0.493 e. The van der Waals surface area contributed by atoms with Crippen molar-refractivity contribution in [1.82, 2.24) is 0 Å². The highest BCUT2D eigenvalue weighted by Gasteiger charge is 2.23. The van der Waals surface area contributed by atoms with E-state index >= 15 is 0 Å². The van der Waals surface area contributed by atoms with Crippen molar-refractivity contribution in [3.8, 4) is 11.5 Å². The number of benzene rings is 2. The van der Waals surface area contributed by atoms with Crippen LogP contribution < -0.4 is 15.2 Å². The Labute approximate surface area is 129 Å². The van der Waals surface area contributed by atoms with Gasteiger partial charge in [0.15, 0.2) is 11.5 Å². The van der Waals surface area contributed by atoms with Gasteiger partial charge in [-0.25, -0.2) is 4.79 Å². The summed E-state index contributed by atoms with van der Waals surface area (Å²) >= 11 is 0. The van der Waals surface area contributed by atoms with Gasteiger partial charge in [0, 0.05) is 5.56 Å². The lowest BCUT2D eigenvalue weighted by Gasteiger charge is -2.18. The molecule has 3 N–H and O–H groups in total. The average Bonchev–Trinajstić information content (AvgIpc) is 2.53. The van der Waals surface area contributed by atoms with E-state index in [2.05, 4.69) is 0 Å². The zero-order valence-corrected chi connectivity index (χ0v) is 12.4. The number of carbonyl (C=O) groups is 1. The summed E-state index contributed by atoms with van der Waals surface area (Å²) in [7, 11) is 1.52.